The molecule has 1 aliphatic heterocycles. The lowest BCUT2D eigenvalue weighted by Gasteiger charge is -2.24. The van der Waals surface area contributed by atoms with Crippen molar-refractivity contribution in [1.82, 2.24) is 15.1 Å². The standard InChI is InChI=1S/C16H18ClN3O/c17-14-6-11(13-8-19-20(9-13)15-1-2-15)5-12(7-14)16-10-21-4-3-18-16/h5-9,15-16,18H,1-4,10H2. The van der Waals surface area contributed by atoms with Crippen LogP contribution in [-0.4, -0.2) is 29.5 Å². The van der Waals surface area contributed by atoms with E-state index in [1.165, 1.54) is 18.4 Å². The van der Waals surface area contributed by atoms with E-state index in [1.807, 2.05) is 18.3 Å². The van der Waals surface area contributed by atoms with Crippen LogP contribution in [0.15, 0.2) is 30.6 Å². The van der Waals surface area contributed by atoms with Crippen LogP contribution in [0.2, 0.25) is 5.02 Å². The Bertz CT molecular complexity index is 645. The fourth-order valence-electron chi connectivity index (χ4n) is 2.79. The maximum atomic E-state index is 6.31. The summed E-state index contributed by atoms with van der Waals surface area (Å²) in [7, 11) is 0. The van der Waals surface area contributed by atoms with E-state index < -0.39 is 0 Å². The molecule has 2 aromatic rings. The van der Waals surface area contributed by atoms with Crippen LogP contribution in [0.25, 0.3) is 11.1 Å². The first-order chi connectivity index (χ1) is 10.3. The van der Waals surface area contributed by atoms with Crippen molar-refractivity contribution in [2.45, 2.75) is 24.9 Å². The zero-order valence-electron chi connectivity index (χ0n) is 11.8. The molecule has 1 aliphatic carbocycles. The molecule has 1 aromatic heterocycles. The van der Waals surface area contributed by atoms with Crippen molar-refractivity contribution in [3.8, 4) is 11.1 Å². The van der Waals surface area contributed by atoms with Gasteiger partial charge in [0.25, 0.3) is 0 Å². The average molecular weight is 304 g/mol. The zero-order chi connectivity index (χ0) is 14.2. The van der Waals surface area contributed by atoms with Gasteiger partial charge in [0.15, 0.2) is 0 Å². The molecule has 1 unspecified atom stereocenters. The molecular weight excluding hydrogens is 286 g/mol. The second-order valence-corrected chi connectivity index (χ2v) is 6.23. The van der Waals surface area contributed by atoms with Crippen molar-refractivity contribution >= 4 is 11.6 Å². The Hall–Kier alpha value is -1.36. The number of aromatic nitrogens is 2. The van der Waals surface area contributed by atoms with Crippen LogP contribution in [0.4, 0.5) is 0 Å². The van der Waals surface area contributed by atoms with Gasteiger partial charge in [-0.2, -0.15) is 5.10 Å². The quantitative estimate of drug-likeness (QED) is 0.946. The Morgan fingerprint density at radius 1 is 1.24 bits per heavy atom. The highest BCUT2D eigenvalue weighted by molar-refractivity contribution is 6.31. The van der Waals surface area contributed by atoms with Crippen molar-refractivity contribution in [2.24, 2.45) is 0 Å². The molecule has 1 atom stereocenters. The third kappa shape index (κ3) is 2.84. The summed E-state index contributed by atoms with van der Waals surface area (Å²) in [5.41, 5.74) is 3.43. The van der Waals surface area contributed by atoms with E-state index in [1.54, 1.807) is 0 Å². The smallest absolute Gasteiger partial charge is 0.0662 e. The number of nitrogens with one attached hydrogen (secondary N) is 1. The summed E-state index contributed by atoms with van der Waals surface area (Å²) < 4.78 is 7.61. The lowest BCUT2D eigenvalue weighted by Crippen LogP contribution is -2.34. The van der Waals surface area contributed by atoms with E-state index >= 15 is 0 Å². The molecule has 0 spiro atoms. The number of hydrogen-bond acceptors (Lipinski definition) is 3. The third-order valence-corrected chi connectivity index (χ3v) is 4.32. The van der Waals surface area contributed by atoms with E-state index in [2.05, 4.69) is 27.4 Å². The fraction of sp³-hybridized carbons (Fsp3) is 0.438. The highest BCUT2D eigenvalue weighted by Crippen LogP contribution is 2.36. The largest absolute Gasteiger partial charge is 0.378 e. The van der Waals surface area contributed by atoms with Gasteiger partial charge in [-0.3, -0.25) is 4.68 Å². The maximum absolute atomic E-state index is 6.31. The van der Waals surface area contributed by atoms with Crippen molar-refractivity contribution in [1.29, 1.82) is 0 Å². The summed E-state index contributed by atoms with van der Waals surface area (Å²) in [6, 6.07) is 7.03. The summed E-state index contributed by atoms with van der Waals surface area (Å²) in [5, 5.41) is 8.69. The van der Waals surface area contributed by atoms with Crippen molar-refractivity contribution in [2.75, 3.05) is 19.8 Å². The number of hydrogen-bond donors (Lipinski definition) is 1. The molecule has 5 heteroatoms. The molecule has 2 aliphatic rings. The average Bonchev–Trinajstić information content (AvgIpc) is 3.25. The van der Waals surface area contributed by atoms with Gasteiger partial charge in [-0.05, 0) is 42.2 Å². The number of benzene rings is 1. The Kier molecular flexibility index (Phi) is 3.45. The van der Waals surface area contributed by atoms with Gasteiger partial charge in [-0.1, -0.05) is 11.6 Å². The second-order valence-electron chi connectivity index (χ2n) is 5.80. The number of halogens is 1. The first-order valence-electron chi connectivity index (χ1n) is 7.46. The first kappa shape index (κ1) is 13.3. The van der Waals surface area contributed by atoms with Gasteiger partial charge in [0.2, 0.25) is 0 Å². The van der Waals surface area contributed by atoms with Crippen molar-refractivity contribution in [3.63, 3.8) is 0 Å². The van der Waals surface area contributed by atoms with Crippen molar-refractivity contribution < 1.29 is 4.74 Å². The third-order valence-electron chi connectivity index (χ3n) is 4.10. The normalized spacial score (nSPS) is 22.4. The van der Waals surface area contributed by atoms with E-state index in [0.29, 0.717) is 12.6 Å². The van der Waals surface area contributed by atoms with Gasteiger partial charge in [0, 0.05) is 23.3 Å². The van der Waals surface area contributed by atoms with Gasteiger partial charge < -0.3 is 10.1 Å². The predicted molar refractivity (Wildman–Crippen MR) is 82.5 cm³/mol. The number of nitrogens with zero attached hydrogens (tertiary/aromatic N) is 2. The van der Waals surface area contributed by atoms with Crippen LogP contribution in [0.5, 0.6) is 0 Å². The molecule has 0 radical (unpaired) electrons. The Labute approximate surface area is 129 Å². The van der Waals surface area contributed by atoms with Crippen LogP contribution in [0, 0.1) is 0 Å². The van der Waals surface area contributed by atoms with Crippen LogP contribution < -0.4 is 5.32 Å². The molecule has 4 rings (SSSR count). The van der Waals surface area contributed by atoms with Gasteiger partial charge >= 0.3 is 0 Å². The van der Waals surface area contributed by atoms with Gasteiger partial charge in [-0.25, -0.2) is 0 Å². The van der Waals surface area contributed by atoms with E-state index in [4.69, 9.17) is 16.3 Å². The minimum Gasteiger partial charge on any atom is -0.378 e. The molecule has 1 saturated carbocycles. The summed E-state index contributed by atoms with van der Waals surface area (Å²) in [6.45, 7) is 2.35. The van der Waals surface area contributed by atoms with E-state index in [9.17, 15) is 0 Å². The Morgan fingerprint density at radius 2 is 2.14 bits per heavy atom. The molecule has 21 heavy (non-hydrogen) atoms. The summed E-state index contributed by atoms with van der Waals surface area (Å²) in [5.74, 6) is 0. The highest BCUT2D eigenvalue weighted by atomic mass is 35.5. The summed E-state index contributed by atoms with van der Waals surface area (Å²) in [4.78, 5) is 0. The Balaban J connectivity index is 1.65. The van der Waals surface area contributed by atoms with E-state index in [0.717, 1.165) is 29.3 Å². The predicted octanol–water partition coefficient (Wildman–Crippen LogP) is 3.20. The highest BCUT2D eigenvalue weighted by Gasteiger charge is 2.24. The van der Waals surface area contributed by atoms with Crippen LogP contribution in [0.3, 0.4) is 0 Å². The lowest BCUT2D eigenvalue weighted by molar-refractivity contribution is 0.0769. The topological polar surface area (TPSA) is 39.1 Å². The maximum Gasteiger partial charge on any atom is 0.0662 e. The van der Waals surface area contributed by atoms with Crippen LogP contribution in [0.1, 0.15) is 30.5 Å². The van der Waals surface area contributed by atoms with Gasteiger partial charge in [0.05, 0.1) is 31.5 Å². The SMILES string of the molecule is Clc1cc(-c2cnn(C3CC3)c2)cc(C2COCCN2)c1. The molecule has 110 valence electrons. The van der Waals surface area contributed by atoms with Crippen LogP contribution >= 0.6 is 11.6 Å². The summed E-state index contributed by atoms with van der Waals surface area (Å²) in [6.07, 6.45) is 6.53. The molecule has 1 N–H and O–H groups in total. The molecule has 0 amide bonds. The van der Waals surface area contributed by atoms with Crippen molar-refractivity contribution in [3.05, 3.63) is 41.2 Å². The van der Waals surface area contributed by atoms with Crippen LogP contribution in [-0.2, 0) is 4.74 Å². The number of ether oxygens (including phenoxy) is 1. The lowest BCUT2D eigenvalue weighted by atomic mass is 10.0. The van der Waals surface area contributed by atoms with Gasteiger partial charge in [0.1, 0.15) is 0 Å². The molecular formula is C16H18ClN3O. The molecule has 0 bridgehead atoms. The minimum atomic E-state index is 0.217. The zero-order valence-corrected chi connectivity index (χ0v) is 12.5. The second kappa shape index (κ2) is 5.44. The molecule has 2 heterocycles. The molecule has 2 fully saturated rings. The molecule has 4 nitrogen and oxygen atoms in total. The van der Waals surface area contributed by atoms with Gasteiger partial charge in [-0.15, -0.1) is 0 Å². The monoisotopic (exact) mass is 303 g/mol. The number of morpholine rings is 1. The Morgan fingerprint density at radius 3 is 2.90 bits per heavy atom. The molecule has 1 aromatic carbocycles. The first-order valence-corrected chi connectivity index (χ1v) is 7.83. The summed E-state index contributed by atoms with van der Waals surface area (Å²) >= 11 is 6.31. The fourth-order valence-corrected chi connectivity index (χ4v) is 3.03. The number of rotatable bonds is 3. The van der Waals surface area contributed by atoms with E-state index in [-0.39, 0.29) is 6.04 Å². The molecule has 1 saturated heterocycles. The minimum absolute atomic E-state index is 0.217.